The Kier molecular flexibility index (Phi) is 6.84. The van der Waals surface area contributed by atoms with Gasteiger partial charge in [-0.05, 0) is 18.3 Å². The highest BCUT2D eigenvalue weighted by atomic mass is 15.2. The molecule has 0 saturated carbocycles. The monoisotopic (exact) mass is 211 g/mol. The van der Waals surface area contributed by atoms with Crippen LogP contribution >= 0.6 is 0 Å². The quantitative estimate of drug-likeness (QED) is 0.316. The summed E-state index contributed by atoms with van der Waals surface area (Å²) in [6.07, 6.45) is 4.21. The molecule has 3 nitrogen and oxygen atoms in total. The second-order valence-corrected chi connectivity index (χ2v) is 4.83. The zero-order chi connectivity index (χ0) is 11.7. The van der Waals surface area contributed by atoms with Crippen LogP contribution in [-0.4, -0.2) is 26.1 Å². The number of hydrogen-bond donors (Lipinski definition) is 2. The Morgan fingerprint density at radius 2 is 2.00 bits per heavy atom. The van der Waals surface area contributed by atoms with E-state index in [0.29, 0.717) is 5.41 Å². The van der Waals surface area contributed by atoms with E-state index in [1.54, 1.807) is 7.05 Å². The maximum atomic E-state index is 4.11. The molecule has 0 heterocycles. The van der Waals surface area contributed by atoms with Crippen molar-refractivity contribution in [3.05, 3.63) is 12.7 Å². The van der Waals surface area contributed by atoms with Crippen LogP contribution in [0.5, 0.6) is 0 Å². The Labute approximate surface area is 94.1 Å². The van der Waals surface area contributed by atoms with E-state index in [0.717, 1.165) is 25.5 Å². The summed E-state index contributed by atoms with van der Waals surface area (Å²) in [5, 5.41) is 6.41. The summed E-state index contributed by atoms with van der Waals surface area (Å²) in [4.78, 5) is 4.11. The smallest absolute Gasteiger partial charge is 0.191 e. The van der Waals surface area contributed by atoms with Crippen LogP contribution in [0.25, 0.3) is 0 Å². The van der Waals surface area contributed by atoms with Crippen LogP contribution in [0.2, 0.25) is 0 Å². The van der Waals surface area contributed by atoms with Gasteiger partial charge in [-0.3, -0.25) is 4.99 Å². The van der Waals surface area contributed by atoms with Gasteiger partial charge in [-0.25, -0.2) is 0 Å². The number of hydrogen-bond acceptors (Lipinski definition) is 1. The van der Waals surface area contributed by atoms with E-state index in [1.807, 2.05) is 6.08 Å². The Morgan fingerprint density at radius 3 is 2.47 bits per heavy atom. The second kappa shape index (κ2) is 7.32. The van der Waals surface area contributed by atoms with E-state index in [1.165, 1.54) is 6.42 Å². The van der Waals surface area contributed by atoms with Gasteiger partial charge in [0.25, 0.3) is 0 Å². The zero-order valence-electron chi connectivity index (χ0n) is 10.6. The Hall–Kier alpha value is -0.990. The summed E-state index contributed by atoms with van der Waals surface area (Å²) in [5.41, 5.74) is 0.416. The first-order chi connectivity index (χ1) is 6.99. The number of guanidine groups is 1. The molecule has 0 unspecified atom stereocenters. The molecule has 0 aromatic heterocycles. The van der Waals surface area contributed by atoms with Crippen LogP contribution in [0, 0.1) is 5.41 Å². The largest absolute Gasteiger partial charge is 0.356 e. The molecule has 0 rings (SSSR count). The minimum atomic E-state index is 0.416. The van der Waals surface area contributed by atoms with Gasteiger partial charge in [0, 0.05) is 20.1 Å². The fraction of sp³-hybridized carbons (Fsp3) is 0.750. The van der Waals surface area contributed by atoms with E-state index in [4.69, 9.17) is 0 Å². The molecule has 88 valence electrons. The lowest BCUT2D eigenvalue weighted by atomic mass is 9.91. The van der Waals surface area contributed by atoms with Gasteiger partial charge in [-0.15, -0.1) is 6.58 Å². The molecule has 0 bridgehead atoms. The number of rotatable bonds is 5. The lowest BCUT2D eigenvalue weighted by molar-refractivity contribution is 0.365. The molecule has 0 atom stereocenters. The molecule has 15 heavy (non-hydrogen) atoms. The fourth-order valence-electron chi connectivity index (χ4n) is 1.21. The first-order valence-electron chi connectivity index (χ1n) is 5.55. The normalized spacial score (nSPS) is 12.4. The molecule has 0 aliphatic carbocycles. The standard InChI is InChI=1S/C12H25N3/c1-6-9-14-11(13-5)15-10-7-8-12(2,3)4/h6H,1,7-10H2,2-5H3,(H2,13,14,15). The first-order valence-corrected chi connectivity index (χ1v) is 5.55. The molecule has 3 heteroatoms. The van der Waals surface area contributed by atoms with Crippen molar-refractivity contribution in [3.8, 4) is 0 Å². The molecular weight excluding hydrogens is 186 g/mol. The Morgan fingerprint density at radius 1 is 1.33 bits per heavy atom. The van der Waals surface area contributed by atoms with Crippen molar-refractivity contribution >= 4 is 5.96 Å². The maximum Gasteiger partial charge on any atom is 0.191 e. The summed E-state index contributed by atoms with van der Waals surface area (Å²) in [6, 6.07) is 0. The van der Waals surface area contributed by atoms with E-state index >= 15 is 0 Å². The maximum absolute atomic E-state index is 4.11. The third-order valence-corrected chi connectivity index (χ3v) is 2.03. The van der Waals surface area contributed by atoms with E-state index in [-0.39, 0.29) is 0 Å². The van der Waals surface area contributed by atoms with Gasteiger partial charge >= 0.3 is 0 Å². The summed E-state index contributed by atoms with van der Waals surface area (Å²) in [5.74, 6) is 0.851. The highest BCUT2D eigenvalue weighted by Crippen LogP contribution is 2.19. The highest BCUT2D eigenvalue weighted by molar-refractivity contribution is 5.79. The van der Waals surface area contributed by atoms with E-state index in [9.17, 15) is 0 Å². The molecule has 0 radical (unpaired) electrons. The molecule has 0 aliphatic rings. The summed E-state index contributed by atoms with van der Waals surface area (Å²) in [7, 11) is 1.78. The molecule has 2 N–H and O–H groups in total. The van der Waals surface area contributed by atoms with Crippen molar-refractivity contribution in [2.75, 3.05) is 20.1 Å². The van der Waals surface area contributed by atoms with Gasteiger partial charge in [-0.1, -0.05) is 26.8 Å². The van der Waals surface area contributed by atoms with Crippen LogP contribution in [-0.2, 0) is 0 Å². The van der Waals surface area contributed by atoms with Crippen LogP contribution < -0.4 is 10.6 Å². The predicted octanol–water partition coefficient (Wildman–Crippen LogP) is 2.16. The van der Waals surface area contributed by atoms with Crippen molar-refractivity contribution < 1.29 is 0 Å². The Bertz CT molecular complexity index is 201. The number of aliphatic imine (C=N–C) groups is 1. The Balaban J connectivity index is 3.60. The average molecular weight is 211 g/mol. The summed E-state index contributed by atoms with van der Waals surface area (Å²) < 4.78 is 0. The van der Waals surface area contributed by atoms with Gasteiger partial charge in [0.15, 0.2) is 5.96 Å². The molecule has 0 spiro atoms. The van der Waals surface area contributed by atoms with Crippen LogP contribution in [0.3, 0.4) is 0 Å². The van der Waals surface area contributed by atoms with E-state index < -0.39 is 0 Å². The van der Waals surface area contributed by atoms with Crippen molar-refractivity contribution in [2.24, 2.45) is 10.4 Å². The van der Waals surface area contributed by atoms with E-state index in [2.05, 4.69) is 43.0 Å². The second-order valence-electron chi connectivity index (χ2n) is 4.83. The first kappa shape index (κ1) is 14.0. The van der Waals surface area contributed by atoms with Gasteiger partial charge in [-0.2, -0.15) is 0 Å². The molecule has 0 aromatic carbocycles. The molecule has 0 aliphatic heterocycles. The van der Waals surface area contributed by atoms with Crippen LogP contribution in [0.1, 0.15) is 33.6 Å². The summed E-state index contributed by atoms with van der Waals surface area (Å²) >= 11 is 0. The van der Waals surface area contributed by atoms with Crippen molar-refractivity contribution in [3.63, 3.8) is 0 Å². The molecular formula is C12H25N3. The topological polar surface area (TPSA) is 36.4 Å². The zero-order valence-corrected chi connectivity index (χ0v) is 10.6. The number of nitrogens with zero attached hydrogens (tertiary/aromatic N) is 1. The van der Waals surface area contributed by atoms with Gasteiger partial charge in [0.05, 0.1) is 0 Å². The molecule has 0 fully saturated rings. The average Bonchev–Trinajstić information content (AvgIpc) is 2.15. The highest BCUT2D eigenvalue weighted by Gasteiger charge is 2.08. The molecule has 0 amide bonds. The van der Waals surface area contributed by atoms with Crippen LogP contribution in [0.4, 0.5) is 0 Å². The molecule has 0 saturated heterocycles. The molecule has 0 aromatic rings. The third-order valence-electron chi connectivity index (χ3n) is 2.03. The van der Waals surface area contributed by atoms with Crippen molar-refractivity contribution in [1.29, 1.82) is 0 Å². The lowest BCUT2D eigenvalue weighted by Crippen LogP contribution is -2.37. The SMILES string of the molecule is C=CCNC(=NC)NCCCC(C)(C)C. The van der Waals surface area contributed by atoms with Crippen molar-refractivity contribution in [2.45, 2.75) is 33.6 Å². The van der Waals surface area contributed by atoms with Gasteiger partial charge in [0.1, 0.15) is 0 Å². The fourth-order valence-corrected chi connectivity index (χ4v) is 1.21. The third kappa shape index (κ3) is 9.32. The van der Waals surface area contributed by atoms with Crippen LogP contribution in [0.15, 0.2) is 17.6 Å². The number of nitrogens with one attached hydrogen (secondary N) is 2. The minimum absolute atomic E-state index is 0.416. The lowest BCUT2D eigenvalue weighted by Gasteiger charge is -2.18. The summed E-state index contributed by atoms with van der Waals surface area (Å²) in [6.45, 7) is 12.2. The van der Waals surface area contributed by atoms with Crippen molar-refractivity contribution in [1.82, 2.24) is 10.6 Å². The van der Waals surface area contributed by atoms with Gasteiger partial charge < -0.3 is 10.6 Å². The minimum Gasteiger partial charge on any atom is -0.356 e. The van der Waals surface area contributed by atoms with Gasteiger partial charge in [0.2, 0.25) is 0 Å². The predicted molar refractivity (Wildman–Crippen MR) is 68.3 cm³/mol.